The van der Waals surface area contributed by atoms with E-state index in [4.69, 9.17) is 4.74 Å². The second-order valence-corrected chi connectivity index (χ2v) is 6.45. The molecule has 0 aromatic rings. The van der Waals surface area contributed by atoms with Crippen molar-refractivity contribution in [1.29, 1.82) is 0 Å². The highest BCUT2D eigenvalue weighted by atomic mass is 16.5. The lowest BCUT2D eigenvalue weighted by Gasteiger charge is -2.34. The molecule has 100 valence electrons. The lowest BCUT2D eigenvalue weighted by molar-refractivity contribution is 0.0968. The van der Waals surface area contributed by atoms with Crippen molar-refractivity contribution in [3.63, 3.8) is 0 Å². The van der Waals surface area contributed by atoms with Crippen molar-refractivity contribution in [2.24, 2.45) is 11.8 Å². The monoisotopic (exact) mass is 240 g/mol. The van der Waals surface area contributed by atoms with Crippen molar-refractivity contribution in [3.8, 4) is 0 Å². The Morgan fingerprint density at radius 1 is 1.47 bits per heavy atom. The molecule has 17 heavy (non-hydrogen) atoms. The van der Waals surface area contributed by atoms with Gasteiger partial charge in [-0.1, -0.05) is 13.8 Å². The van der Waals surface area contributed by atoms with Gasteiger partial charge in [0.25, 0.3) is 0 Å². The van der Waals surface area contributed by atoms with E-state index in [1.54, 1.807) is 0 Å². The molecule has 2 aliphatic rings. The first kappa shape index (κ1) is 13.3. The minimum Gasteiger partial charge on any atom is -0.379 e. The van der Waals surface area contributed by atoms with Crippen LogP contribution in [0.3, 0.4) is 0 Å². The van der Waals surface area contributed by atoms with Crippen LogP contribution in [-0.4, -0.2) is 49.8 Å². The maximum absolute atomic E-state index is 5.56. The molecule has 2 aliphatic heterocycles. The van der Waals surface area contributed by atoms with Crippen LogP contribution < -0.4 is 5.32 Å². The first-order valence-corrected chi connectivity index (χ1v) is 7.14. The van der Waals surface area contributed by atoms with E-state index in [1.165, 1.54) is 32.5 Å². The molecule has 0 aliphatic carbocycles. The van der Waals surface area contributed by atoms with Gasteiger partial charge in [-0.15, -0.1) is 0 Å². The third-order valence-electron chi connectivity index (χ3n) is 4.23. The number of hydrogen-bond donors (Lipinski definition) is 1. The topological polar surface area (TPSA) is 24.5 Å². The zero-order valence-corrected chi connectivity index (χ0v) is 11.7. The molecule has 0 bridgehead atoms. The highest BCUT2D eigenvalue weighted by Gasteiger charge is 2.39. The Labute approximate surface area is 106 Å². The van der Waals surface area contributed by atoms with Crippen LogP contribution in [0.5, 0.6) is 0 Å². The highest BCUT2D eigenvalue weighted by Crippen LogP contribution is 2.30. The van der Waals surface area contributed by atoms with E-state index in [2.05, 4.69) is 31.0 Å². The minimum absolute atomic E-state index is 0.326. The largest absolute Gasteiger partial charge is 0.379 e. The zero-order valence-electron chi connectivity index (χ0n) is 11.7. The second kappa shape index (κ2) is 5.68. The number of ether oxygens (including phenoxy) is 1. The lowest BCUT2D eigenvalue weighted by atomic mass is 9.99. The molecule has 1 N–H and O–H groups in total. The van der Waals surface area contributed by atoms with Crippen molar-refractivity contribution >= 4 is 0 Å². The normalized spacial score (nSPS) is 34.9. The molecule has 0 spiro atoms. The van der Waals surface area contributed by atoms with E-state index < -0.39 is 0 Å². The summed E-state index contributed by atoms with van der Waals surface area (Å²) in [4.78, 5) is 2.65. The van der Waals surface area contributed by atoms with E-state index in [-0.39, 0.29) is 0 Å². The molecule has 0 aromatic heterocycles. The van der Waals surface area contributed by atoms with Gasteiger partial charge in [0.1, 0.15) is 0 Å². The third kappa shape index (κ3) is 3.43. The number of hydrogen-bond acceptors (Lipinski definition) is 3. The van der Waals surface area contributed by atoms with Crippen LogP contribution in [0.25, 0.3) is 0 Å². The van der Waals surface area contributed by atoms with Crippen LogP contribution in [-0.2, 0) is 4.74 Å². The van der Waals surface area contributed by atoms with Gasteiger partial charge >= 0.3 is 0 Å². The van der Waals surface area contributed by atoms with E-state index in [0.29, 0.717) is 5.54 Å². The van der Waals surface area contributed by atoms with Gasteiger partial charge in [-0.3, -0.25) is 4.90 Å². The molecule has 0 amide bonds. The van der Waals surface area contributed by atoms with Crippen molar-refractivity contribution in [3.05, 3.63) is 0 Å². The van der Waals surface area contributed by atoms with E-state index in [0.717, 1.165) is 31.6 Å². The molecule has 0 radical (unpaired) electrons. The summed E-state index contributed by atoms with van der Waals surface area (Å²) in [5.74, 6) is 1.60. The Morgan fingerprint density at radius 3 is 2.94 bits per heavy atom. The molecule has 2 unspecified atom stereocenters. The quantitative estimate of drug-likeness (QED) is 0.792. The Bertz CT molecular complexity index is 236. The van der Waals surface area contributed by atoms with E-state index in [9.17, 15) is 0 Å². The zero-order chi connectivity index (χ0) is 12.3. The van der Waals surface area contributed by atoms with Gasteiger partial charge in [0.05, 0.1) is 6.61 Å². The fourth-order valence-corrected chi connectivity index (χ4v) is 2.97. The summed E-state index contributed by atoms with van der Waals surface area (Å²) in [5.41, 5.74) is 0.326. The van der Waals surface area contributed by atoms with Crippen LogP contribution in [0.15, 0.2) is 0 Å². The Balaban J connectivity index is 1.72. The van der Waals surface area contributed by atoms with Gasteiger partial charge in [0.15, 0.2) is 0 Å². The molecular formula is C14H28N2O. The summed E-state index contributed by atoms with van der Waals surface area (Å²) < 4.78 is 5.56. The van der Waals surface area contributed by atoms with Gasteiger partial charge in [-0.05, 0) is 51.2 Å². The van der Waals surface area contributed by atoms with Gasteiger partial charge in [-0.2, -0.15) is 0 Å². The number of likely N-dealkylation sites (tertiary alicyclic amines) is 1. The predicted molar refractivity (Wildman–Crippen MR) is 71.2 cm³/mol. The molecule has 2 rings (SSSR count). The molecule has 3 heteroatoms. The molecule has 2 heterocycles. The average Bonchev–Trinajstić information content (AvgIpc) is 2.87. The van der Waals surface area contributed by atoms with Crippen molar-refractivity contribution < 1.29 is 4.74 Å². The maximum atomic E-state index is 5.56. The van der Waals surface area contributed by atoms with Crippen LogP contribution in [0.1, 0.15) is 33.6 Å². The Hall–Kier alpha value is -0.120. The lowest BCUT2D eigenvalue weighted by Crippen LogP contribution is -2.45. The fraction of sp³-hybridized carbons (Fsp3) is 1.00. The summed E-state index contributed by atoms with van der Waals surface area (Å²) in [6, 6.07) is 0. The first-order valence-electron chi connectivity index (χ1n) is 7.14. The van der Waals surface area contributed by atoms with Crippen molar-refractivity contribution in [2.75, 3.05) is 39.4 Å². The Morgan fingerprint density at radius 2 is 2.29 bits per heavy atom. The molecular weight excluding hydrogens is 212 g/mol. The number of rotatable bonds is 5. The third-order valence-corrected chi connectivity index (χ3v) is 4.23. The Kier molecular flexibility index (Phi) is 4.45. The molecule has 2 fully saturated rings. The standard InChI is InChI=1S/C14H28N2O/c1-12(2)8-15-9-13-4-6-16(10-13)14(3)5-7-17-11-14/h12-13,15H,4-11H2,1-3H3. The van der Waals surface area contributed by atoms with Crippen molar-refractivity contribution in [2.45, 2.75) is 39.2 Å². The van der Waals surface area contributed by atoms with Gasteiger partial charge in [0.2, 0.25) is 0 Å². The predicted octanol–water partition coefficient (Wildman–Crippen LogP) is 1.73. The molecule has 2 saturated heterocycles. The molecule has 0 saturated carbocycles. The minimum atomic E-state index is 0.326. The van der Waals surface area contributed by atoms with Crippen LogP contribution in [0.4, 0.5) is 0 Å². The fourth-order valence-electron chi connectivity index (χ4n) is 2.97. The molecule has 2 atom stereocenters. The van der Waals surface area contributed by atoms with Gasteiger partial charge < -0.3 is 10.1 Å². The smallest absolute Gasteiger partial charge is 0.0648 e. The SMILES string of the molecule is CC(C)CNCC1CCN(C2(C)CCOC2)C1. The number of nitrogens with one attached hydrogen (secondary N) is 1. The first-order chi connectivity index (χ1) is 8.10. The summed E-state index contributed by atoms with van der Waals surface area (Å²) in [6.45, 7) is 13.6. The summed E-state index contributed by atoms with van der Waals surface area (Å²) >= 11 is 0. The van der Waals surface area contributed by atoms with Gasteiger partial charge in [-0.25, -0.2) is 0 Å². The average molecular weight is 240 g/mol. The summed E-state index contributed by atoms with van der Waals surface area (Å²) in [6.07, 6.45) is 2.56. The molecule has 3 nitrogen and oxygen atoms in total. The highest BCUT2D eigenvalue weighted by molar-refractivity contribution is 4.94. The van der Waals surface area contributed by atoms with E-state index >= 15 is 0 Å². The second-order valence-electron chi connectivity index (χ2n) is 6.45. The van der Waals surface area contributed by atoms with Crippen LogP contribution >= 0.6 is 0 Å². The van der Waals surface area contributed by atoms with Crippen LogP contribution in [0, 0.1) is 11.8 Å². The molecule has 0 aromatic carbocycles. The van der Waals surface area contributed by atoms with Crippen molar-refractivity contribution in [1.82, 2.24) is 10.2 Å². The maximum Gasteiger partial charge on any atom is 0.0648 e. The summed E-state index contributed by atoms with van der Waals surface area (Å²) in [5, 5.41) is 3.59. The van der Waals surface area contributed by atoms with E-state index in [1.807, 2.05) is 0 Å². The number of nitrogens with zero attached hydrogens (tertiary/aromatic N) is 1. The van der Waals surface area contributed by atoms with Crippen LogP contribution in [0.2, 0.25) is 0 Å². The van der Waals surface area contributed by atoms with Gasteiger partial charge in [0, 0.05) is 18.7 Å². The summed E-state index contributed by atoms with van der Waals surface area (Å²) in [7, 11) is 0.